The van der Waals surface area contributed by atoms with Crippen molar-refractivity contribution in [1.82, 2.24) is 0 Å². The Morgan fingerprint density at radius 2 is 1.00 bits per heavy atom. The van der Waals surface area contributed by atoms with Gasteiger partial charge in [-0.05, 0) is 32.1 Å². The molecule has 1 saturated carbocycles. The van der Waals surface area contributed by atoms with Crippen molar-refractivity contribution in [3.8, 4) is 0 Å². The van der Waals surface area contributed by atoms with Crippen LogP contribution in [0.4, 0.5) is 0 Å². The number of unbranched alkanes of at least 4 members (excludes halogenated alkanes) is 1. The van der Waals surface area contributed by atoms with E-state index in [9.17, 15) is 0 Å². The SMILES string of the molecule is CCCC=C1CCCCCCCCCCCCCC1. The molecule has 0 radical (unpaired) electrons. The molecule has 1 fully saturated rings. The van der Waals surface area contributed by atoms with Crippen LogP contribution in [-0.2, 0) is 0 Å². The fraction of sp³-hybridized carbons (Fsp3) is 0.895. The summed E-state index contributed by atoms with van der Waals surface area (Å²) in [5.41, 5.74) is 1.77. The van der Waals surface area contributed by atoms with Crippen LogP contribution in [0.2, 0.25) is 0 Å². The van der Waals surface area contributed by atoms with Gasteiger partial charge in [-0.1, -0.05) is 89.2 Å². The van der Waals surface area contributed by atoms with Gasteiger partial charge in [0.2, 0.25) is 0 Å². The van der Waals surface area contributed by atoms with E-state index in [2.05, 4.69) is 13.0 Å². The van der Waals surface area contributed by atoms with Crippen LogP contribution in [0.25, 0.3) is 0 Å². The van der Waals surface area contributed by atoms with Crippen molar-refractivity contribution < 1.29 is 0 Å². The molecule has 0 nitrogen and oxygen atoms in total. The third-order valence-electron chi connectivity index (χ3n) is 4.47. The van der Waals surface area contributed by atoms with Gasteiger partial charge in [-0.3, -0.25) is 0 Å². The molecular weight excluding hydrogens is 228 g/mol. The van der Waals surface area contributed by atoms with Crippen molar-refractivity contribution in [3.05, 3.63) is 11.6 Å². The van der Waals surface area contributed by atoms with Crippen LogP contribution in [0.5, 0.6) is 0 Å². The summed E-state index contributed by atoms with van der Waals surface area (Å²) in [7, 11) is 0. The highest BCUT2D eigenvalue weighted by atomic mass is 14.1. The first kappa shape index (κ1) is 16.8. The molecule has 0 aromatic heterocycles. The lowest BCUT2D eigenvalue weighted by Crippen LogP contribution is -1.88. The van der Waals surface area contributed by atoms with E-state index in [1.165, 1.54) is 103 Å². The quantitative estimate of drug-likeness (QED) is 0.463. The normalized spacial score (nSPS) is 21.4. The molecule has 112 valence electrons. The molecule has 0 bridgehead atoms. The first-order valence-corrected chi connectivity index (χ1v) is 9.11. The summed E-state index contributed by atoms with van der Waals surface area (Å²) in [6.07, 6.45) is 25.6. The fourth-order valence-electron chi connectivity index (χ4n) is 3.15. The highest BCUT2D eigenvalue weighted by molar-refractivity contribution is 5.01. The third kappa shape index (κ3) is 10.2. The van der Waals surface area contributed by atoms with Crippen molar-refractivity contribution >= 4 is 0 Å². The molecule has 0 amide bonds. The van der Waals surface area contributed by atoms with Crippen LogP contribution in [0.15, 0.2) is 11.6 Å². The van der Waals surface area contributed by atoms with Gasteiger partial charge in [0.05, 0.1) is 0 Å². The lowest BCUT2D eigenvalue weighted by atomic mass is 9.99. The summed E-state index contributed by atoms with van der Waals surface area (Å²) in [5, 5.41) is 0. The number of hydrogen-bond acceptors (Lipinski definition) is 0. The predicted octanol–water partition coefficient (Wildman–Crippen LogP) is 7.19. The van der Waals surface area contributed by atoms with Crippen LogP contribution in [0.3, 0.4) is 0 Å². The molecule has 0 aromatic rings. The van der Waals surface area contributed by atoms with Gasteiger partial charge in [-0.15, -0.1) is 0 Å². The number of allylic oxidation sites excluding steroid dienone is 2. The van der Waals surface area contributed by atoms with Crippen LogP contribution >= 0.6 is 0 Å². The van der Waals surface area contributed by atoms with Crippen molar-refractivity contribution in [3.63, 3.8) is 0 Å². The van der Waals surface area contributed by atoms with E-state index in [1.54, 1.807) is 5.57 Å². The number of rotatable bonds is 2. The van der Waals surface area contributed by atoms with Gasteiger partial charge in [0.1, 0.15) is 0 Å². The monoisotopic (exact) mass is 264 g/mol. The average molecular weight is 264 g/mol. The molecule has 1 aliphatic carbocycles. The fourth-order valence-corrected chi connectivity index (χ4v) is 3.15. The summed E-state index contributed by atoms with van der Waals surface area (Å²) in [5.74, 6) is 0. The van der Waals surface area contributed by atoms with E-state index < -0.39 is 0 Å². The second-order valence-corrected chi connectivity index (χ2v) is 6.39. The zero-order valence-corrected chi connectivity index (χ0v) is 13.4. The molecule has 0 spiro atoms. The second-order valence-electron chi connectivity index (χ2n) is 6.39. The molecule has 0 atom stereocenters. The van der Waals surface area contributed by atoms with Gasteiger partial charge in [0.15, 0.2) is 0 Å². The smallest absolute Gasteiger partial charge is 0.0320 e. The van der Waals surface area contributed by atoms with Crippen LogP contribution in [-0.4, -0.2) is 0 Å². The molecule has 1 aliphatic rings. The third-order valence-corrected chi connectivity index (χ3v) is 4.47. The highest BCUT2D eigenvalue weighted by Gasteiger charge is 2.00. The van der Waals surface area contributed by atoms with E-state index in [0.29, 0.717) is 0 Å². The Morgan fingerprint density at radius 1 is 0.632 bits per heavy atom. The van der Waals surface area contributed by atoms with Gasteiger partial charge >= 0.3 is 0 Å². The van der Waals surface area contributed by atoms with E-state index in [-0.39, 0.29) is 0 Å². The van der Waals surface area contributed by atoms with E-state index in [4.69, 9.17) is 0 Å². The van der Waals surface area contributed by atoms with Gasteiger partial charge in [-0.2, -0.15) is 0 Å². The van der Waals surface area contributed by atoms with Crippen molar-refractivity contribution in [1.29, 1.82) is 0 Å². The number of hydrogen-bond donors (Lipinski definition) is 0. The van der Waals surface area contributed by atoms with Gasteiger partial charge in [0, 0.05) is 0 Å². The molecule has 19 heavy (non-hydrogen) atoms. The first-order chi connectivity index (χ1) is 9.43. The predicted molar refractivity (Wildman–Crippen MR) is 87.6 cm³/mol. The first-order valence-electron chi connectivity index (χ1n) is 9.11. The second kappa shape index (κ2) is 12.8. The summed E-state index contributed by atoms with van der Waals surface area (Å²) >= 11 is 0. The van der Waals surface area contributed by atoms with Crippen molar-refractivity contribution in [2.45, 2.75) is 110 Å². The summed E-state index contributed by atoms with van der Waals surface area (Å²) in [4.78, 5) is 0. The Labute approximate surface area is 122 Å². The minimum Gasteiger partial charge on any atom is -0.0853 e. The van der Waals surface area contributed by atoms with Crippen LogP contribution in [0, 0.1) is 0 Å². The topological polar surface area (TPSA) is 0 Å². The summed E-state index contributed by atoms with van der Waals surface area (Å²) < 4.78 is 0. The zero-order chi connectivity index (χ0) is 13.6. The molecule has 1 rings (SSSR count). The van der Waals surface area contributed by atoms with Gasteiger partial charge < -0.3 is 0 Å². The largest absolute Gasteiger partial charge is 0.0853 e. The maximum Gasteiger partial charge on any atom is -0.0320 e. The average Bonchev–Trinajstić information content (AvgIpc) is 2.44. The molecular formula is C19H36. The van der Waals surface area contributed by atoms with E-state index in [1.807, 2.05) is 0 Å². The molecule has 0 heteroatoms. The summed E-state index contributed by atoms with van der Waals surface area (Å²) in [6, 6.07) is 0. The Bertz CT molecular complexity index is 196. The van der Waals surface area contributed by atoms with Crippen LogP contribution in [0.1, 0.15) is 110 Å². The summed E-state index contributed by atoms with van der Waals surface area (Å²) in [6.45, 7) is 2.30. The maximum absolute atomic E-state index is 2.55. The molecule has 0 aromatic carbocycles. The molecule has 0 N–H and O–H groups in total. The van der Waals surface area contributed by atoms with Crippen molar-refractivity contribution in [2.75, 3.05) is 0 Å². The Balaban J connectivity index is 2.29. The minimum atomic E-state index is 1.30. The van der Waals surface area contributed by atoms with E-state index >= 15 is 0 Å². The van der Waals surface area contributed by atoms with Crippen molar-refractivity contribution in [2.24, 2.45) is 0 Å². The lowest BCUT2D eigenvalue weighted by molar-refractivity contribution is 0.548. The molecule has 0 aliphatic heterocycles. The van der Waals surface area contributed by atoms with Gasteiger partial charge in [0.25, 0.3) is 0 Å². The van der Waals surface area contributed by atoms with Gasteiger partial charge in [-0.25, -0.2) is 0 Å². The Hall–Kier alpha value is -0.260. The highest BCUT2D eigenvalue weighted by Crippen LogP contribution is 2.20. The minimum absolute atomic E-state index is 1.30. The molecule has 0 unspecified atom stereocenters. The maximum atomic E-state index is 2.55. The molecule has 0 heterocycles. The molecule has 0 saturated heterocycles. The Kier molecular flexibility index (Phi) is 11.3. The zero-order valence-electron chi connectivity index (χ0n) is 13.4. The van der Waals surface area contributed by atoms with E-state index in [0.717, 1.165) is 0 Å². The lowest BCUT2D eigenvalue weighted by Gasteiger charge is -2.08. The standard InChI is InChI=1S/C19H36/c1-2-3-16-19-17-14-12-10-8-6-4-5-7-9-11-13-15-18-19/h16H,2-15,17-18H2,1H3. The van der Waals surface area contributed by atoms with Crippen LogP contribution < -0.4 is 0 Å². The Morgan fingerprint density at radius 3 is 1.37 bits per heavy atom.